The van der Waals surface area contributed by atoms with E-state index in [0.717, 1.165) is 12.8 Å². The minimum absolute atomic E-state index is 0.0440. The molecule has 0 aromatic carbocycles. The van der Waals surface area contributed by atoms with Crippen LogP contribution in [0, 0.1) is 11.8 Å². The van der Waals surface area contributed by atoms with E-state index in [4.69, 9.17) is 5.11 Å². The fourth-order valence-electron chi connectivity index (χ4n) is 2.55. The van der Waals surface area contributed by atoms with Gasteiger partial charge < -0.3 is 10.4 Å². The normalized spacial score (nSPS) is 23.0. The van der Waals surface area contributed by atoms with E-state index in [2.05, 4.69) is 10.4 Å². The van der Waals surface area contributed by atoms with Gasteiger partial charge >= 0.3 is 5.97 Å². The summed E-state index contributed by atoms with van der Waals surface area (Å²) in [7, 11) is 1.79. The van der Waals surface area contributed by atoms with E-state index in [-0.39, 0.29) is 11.8 Å². The minimum atomic E-state index is -0.712. The van der Waals surface area contributed by atoms with Crippen LogP contribution < -0.4 is 5.32 Å². The van der Waals surface area contributed by atoms with Crippen LogP contribution >= 0.6 is 0 Å². The Hall–Kier alpha value is -1.85. The maximum absolute atomic E-state index is 11.8. The van der Waals surface area contributed by atoms with Gasteiger partial charge in [-0.25, -0.2) is 0 Å². The lowest BCUT2D eigenvalue weighted by molar-refractivity contribution is -0.143. The standard InChI is InChI=1S/C13H19N3O3/c1-16-7-6-11(15-16)14-12(17)8-9-2-4-10(5-3-9)13(18)19/h6-7,9-10H,2-5,8H2,1H3,(H,18,19)(H,14,15,17). The van der Waals surface area contributed by atoms with Crippen LogP contribution in [0.4, 0.5) is 5.82 Å². The predicted molar refractivity (Wildman–Crippen MR) is 69.5 cm³/mol. The van der Waals surface area contributed by atoms with E-state index < -0.39 is 5.97 Å². The molecule has 0 radical (unpaired) electrons. The Labute approximate surface area is 111 Å². The second kappa shape index (κ2) is 5.86. The van der Waals surface area contributed by atoms with Gasteiger partial charge in [-0.15, -0.1) is 0 Å². The molecule has 1 aromatic heterocycles. The number of hydrogen-bond donors (Lipinski definition) is 2. The molecule has 0 aliphatic heterocycles. The van der Waals surface area contributed by atoms with Gasteiger partial charge in [-0.3, -0.25) is 14.3 Å². The van der Waals surface area contributed by atoms with Crippen LogP contribution in [0.25, 0.3) is 0 Å². The summed E-state index contributed by atoms with van der Waals surface area (Å²) in [4.78, 5) is 22.7. The number of nitrogens with one attached hydrogen (secondary N) is 1. The summed E-state index contributed by atoms with van der Waals surface area (Å²) in [6.45, 7) is 0. The highest BCUT2D eigenvalue weighted by Crippen LogP contribution is 2.31. The molecule has 1 aliphatic carbocycles. The first-order chi connectivity index (χ1) is 9.04. The summed E-state index contributed by atoms with van der Waals surface area (Å²) in [5, 5.41) is 15.8. The largest absolute Gasteiger partial charge is 0.481 e. The van der Waals surface area contributed by atoms with Crippen molar-refractivity contribution in [2.75, 3.05) is 5.32 Å². The van der Waals surface area contributed by atoms with E-state index in [0.29, 0.717) is 31.0 Å². The van der Waals surface area contributed by atoms with Crippen molar-refractivity contribution >= 4 is 17.7 Å². The third kappa shape index (κ3) is 3.81. The quantitative estimate of drug-likeness (QED) is 0.866. The molecule has 2 rings (SSSR count). The average molecular weight is 265 g/mol. The highest BCUT2D eigenvalue weighted by molar-refractivity contribution is 5.89. The lowest BCUT2D eigenvalue weighted by Crippen LogP contribution is -2.24. The number of rotatable bonds is 4. The summed E-state index contributed by atoms with van der Waals surface area (Å²) in [5.74, 6) is -0.130. The first kappa shape index (κ1) is 13.6. The number of anilines is 1. The molecule has 104 valence electrons. The molecule has 0 saturated heterocycles. The molecule has 6 heteroatoms. The third-order valence-corrected chi connectivity index (χ3v) is 3.65. The summed E-state index contributed by atoms with van der Waals surface area (Å²) in [6.07, 6.45) is 5.20. The van der Waals surface area contributed by atoms with Crippen molar-refractivity contribution in [2.24, 2.45) is 18.9 Å². The second-order valence-corrected chi connectivity index (χ2v) is 5.18. The highest BCUT2D eigenvalue weighted by Gasteiger charge is 2.27. The fraction of sp³-hybridized carbons (Fsp3) is 0.615. The molecule has 1 fully saturated rings. The van der Waals surface area contributed by atoms with Crippen molar-refractivity contribution in [1.82, 2.24) is 9.78 Å². The lowest BCUT2D eigenvalue weighted by atomic mass is 9.80. The van der Waals surface area contributed by atoms with Gasteiger partial charge in [0.15, 0.2) is 5.82 Å². The first-order valence-electron chi connectivity index (χ1n) is 6.57. The van der Waals surface area contributed by atoms with Crippen molar-refractivity contribution in [3.63, 3.8) is 0 Å². The second-order valence-electron chi connectivity index (χ2n) is 5.18. The summed E-state index contributed by atoms with van der Waals surface area (Å²) in [6, 6.07) is 1.75. The Morgan fingerprint density at radius 2 is 2.11 bits per heavy atom. The molecule has 19 heavy (non-hydrogen) atoms. The minimum Gasteiger partial charge on any atom is -0.481 e. The Morgan fingerprint density at radius 1 is 1.42 bits per heavy atom. The number of nitrogens with zero attached hydrogens (tertiary/aromatic N) is 2. The van der Waals surface area contributed by atoms with Gasteiger partial charge in [-0.2, -0.15) is 5.10 Å². The van der Waals surface area contributed by atoms with Crippen LogP contribution in [0.2, 0.25) is 0 Å². The lowest BCUT2D eigenvalue weighted by Gasteiger charge is -2.25. The zero-order valence-electron chi connectivity index (χ0n) is 11.0. The number of carboxylic acids is 1. The average Bonchev–Trinajstić information content (AvgIpc) is 2.75. The van der Waals surface area contributed by atoms with Crippen LogP contribution in [0.5, 0.6) is 0 Å². The maximum atomic E-state index is 11.8. The number of carbonyl (C=O) groups excluding carboxylic acids is 1. The Kier molecular flexibility index (Phi) is 4.19. The molecule has 1 saturated carbocycles. The van der Waals surface area contributed by atoms with E-state index in [1.807, 2.05) is 0 Å². The van der Waals surface area contributed by atoms with Crippen molar-refractivity contribution in [3.8, 4) is 0 Å². The summed E-state index contributed by atoms with van der Waals surface area (Å²) < 4.78 is 1.63. The molecule has 2 N–H and O–H groups in total. The SMILES string of the molecule is Cn1ccc(NC(=O)CC2CCC(C(=O)O)CC2)n1. The van der Waals surface area contributed by atoms with Crippen LogP contribution in [0.15, 0.2) is 12.3 Å². The smallest absolute Gasteiger partial charge is 0.306 e. The van der Waals surface area contributed by atoms with E-state index >= 15 is 0 Å². The van der Waals surface area contributed by atoms with E-state index in [1.54, 1.807) is 24.0 Å². The molecule has 0 bridgehead atoms. The molecule has 1 aliphatic rings. The van der Waals surface area contributed by atoms with Gasteiger partial charge in [0.2, 0.25) is 5.91 Å². The number of amides is 1. The van der Waals surface area contributed by atoms with Gasteiger partial charge in [-0.05, 0) is 31.6 Å². The molecular weight excluding hydrogens is 246 g/mol. The van der Waals surface area contributed by atoms with Crippen molar-refractivity contribution in [2.45, 2.75) is 32.1 Å². The topological polar surface area (TPSA) is 84.2 Å². The van der Waals surface area contributed by atoms with E-state index in [1.165, 1.54) is 0 Å². The van der Waals surface area contributed by atoms with E-state index in [9.17, 15) is 9.59 Å². The third-order valence-electron chi connectivity index (χ3n) is 3.65. The molecule has 1 aromatic rings. The highest BCUT2D eigenvalue weighted by atomic mass is 16.4. The Bertz CT molecular complexity index is 461. The molecule has 0 unspecified atom stereocenters. The number of carbonyl (C=O) groups is 2. The molecular formula is C13H19N3O3. The van der Waals surface area contributed by atoms with Gasteiger partial charge in [0.1, 0.15) is 0 Å². The van der Waals surface area contributed by atoms with Crippen LogP contribution in [0.3, 0.4) is 0 Å². The molecule has 0 spiro atoms. The van der Waals surface area contributed by atoms with Crippen molar-refractivity contribution in [1.29, 1.82) is 0 Å². The van der Waals surface area contributed by atoms with Crippen molar-refractivity contribution < 1.29 is 14.7 Å². The van der Waals surface area contributed by atoms with Gasteiger partial charge in [0.05, 0.1) is 5.92 Å². The monoisotopic (exact) mass is 265 g/mol. The van der Waals surface area contributed by atoms with Crippen LogP contribution in [-0.4, -0.2) is 26.8 Å². The van der Waals surface area contributed by atoms with Crippen molar-refractivity contribution in [3.05, 3.63) is 12.3 Å². The van der Waals surface area contributed by atoms with Crippen LogP contribution in [0.1, 0.15) is 32.1 Å². The van der Waals surface area contributed by atoms with Gasteiger partial charge in [0, 0.05) is 25.7 Å². The number of aliphatic carboxylic acids is 1. The number of carboxylic acid groups (broad SMARTS) is 1. The molecule has 6 nitrogen and oxygen atoms in total. The first-order valence-corrected chi connectivity index (χ1v) is 6.57. The fourth-order valence-corrected chi connectivity index (χ4v) is 2.55. The summed E-state index contributed by atoms with van der Waals surface area (Å²) in [5.41, 5.74) is 0. The van der Waals surface area contributed by atoms with Gasteiger partial charge in [0.25, 0.3) is 0 Å². The zero-order valence-corrected chi connectivity index (χ0v) is 11.0. The molecule has 0 atom stereocenters. The van der Waals surface area contributed by atoms with Gasteiger partial charge in [-0.1, -0.05) is 0 Å². The number of aromatic nitrogens is 2. The molecule has 1 amide bonds. The van der Waals surface area contributed by atoms with Crippen LogP contribution in [-0.2, 0) is 16.6 Å². The Morgan fingerprint density at radius 3 is 2.63 bits per heavy atom. The summed E-state index contributed by atoms with van der Waals surface area (Å²) >= 11 is 0. The predicted octanol–water partition coefficient (Wildman–Crippen LogP) is 1.64. The maximum Gasteiger partial charge on any atom is 0.306 e. The number of hydrogen-bond acceptors (Lipinski definition) is 3. The number of aryl methyl sites for hydroxylation is 1. The zero-order chi connectivity index (χ0) is 13.8. The Balaban J connectivity index is 1.76. The molecule has 1 heterocycles.